The fourth-order valence-electron chi connectivity index (χ4n) is 0.814. The van der Waals surface area contributed by atoms with Crippen molar-refractivity contribution in [2.24, 2.45) is 5.73 Å². The monoisotopic (exact) mass is 186 g/mol. The van der Waals surface area contributed by atoms with Crippen LogP contribution < -0.4 is 5.73 Å². The van der Waals surface area contributed by atoms with Crippen molar-refractivity contribution >= 4 is 11.3 Å². The molecule has 0 atom stereocenters. The third kappa shape index (κ3) is 3.30. The zero-order valence-corrected chi connectivity index (χ0v) is 8.06. The van der Waals surface area contributed by atoms with E-state index >= 15 is 0 Å². The number of hydrogen-bond donors (Lipinski definition) is 1. The van der Waals surface area contributed by atoms with Gasteiger partial charge in [-0.2, -0.15) is 0 Å². The molecular formula is C8H14N2OS. The molecule has 2 N–H and O–H groups in total. The zero-order valence-electron chi connectivity index (χ0n) is 7.25. The predicted molar refractivity (Wildman–Crippen MR) is 50.2 cm³/mol. The first kappa shape index (κ1) is 9.64. The van der Waals surface area contributed by atoms with Crippen LogP contribution in [0.4, 0.5) is 0 Å². The SMILES string of the molecule is Cc1csc(COCCCN)n1. The number of thiazole rings is 1. The third-order valence-electron chi connectivity index (χ3n) is 1.38. The number of nitrogens with zero attached hydrogens (tertiary/aromatic N) is 1. The van der Waals surface area contributed by atoms with Crippen LogP contribution in [0.15, 0.2) is 5.38 Å². The molecule has 4 heteroatoms. The van der Waals surface area contributed by atoms with E-state index in [1.54, 1.807) is 11.3 Å². The van der Waals surface area contributed by atoms with Crippen LogP contribution in [0.3, 0.4) is 0 Å². The lowest BCUT2D eigenvalue weighted by molar-refractivity contribution is 0.119. The lowest BCUT2D eigenvalue weighted by Crippen LogP contribution is -2.04. The molecule has 3 nitrogen and oxygen atoms in total. The summed E-state index contributed by atoms with van der Waals surface area (Å²) in [7, 11) is 0. The van der Waals surface area contributed by atoms with Gasteiger partial charge in [-0.15, -0.1) is 11.3 Å². The Labute approximate surface area is 76.6 Å². The Morgan fingerprint density at radius 3 is 3.08 bits per heavy atom. The molecule has 12 heavy (non-hydrogen) atoms. The van der Waals surface area contributed by atoms with Gasteiger partial charge in [-0.1, -0.05) is 0 Å². The highest BCUT2D eigenvalue weighted by molar-refractivity contribution is 7.09. The molecule has 1 aromatic heterocycles. The summed E-state index contributed by atoms with van der Waals surface area (Å²) in [4.78, 5) is 4.27. The van der Waals surface area contributed by atoms with Gasteiger partial charge in [0.25, 0.3) is 0 Å². The zero-order chi connectivity index (χ0) is 8.81. The number of aromatic nitrogens is 1. The molecule has 0 saturated carbocycles. The van der Waals surface area contributed by atoms with Crippen LogP contribution in [0, 0.1) is 6.92 Å². The standard InChI is InChI=1S/C8H14N2OS/c1-7-6-12-8(10-7)5-11-4-2-3-9/h6H,2-5,9H2,1H3. The van der Waals surface area contributed by atoms with Gasteiger partial charge in [0.05, 0.1) is 6.61 Å². The Balaban J connectivity index is 2.15. The summed E-state index contributed by atoms with van der Waals surface area (Å²) in [5, 5.41) is 3.08. The van der Waals surface area contributed by atoms with Crippen molar-refractivity contribution in [2.45, 2.75) is 20.0 Å². The largest absolute Gasteiger partial charge is 0.374 e. The molecule has 1 aromatic rings. The van der Waals surface area contributed by atoms with Crippen molar-refractivity contribution in [3.8, 4) is 0 Å². The molecule has 1 heterocycles. The van der Waals surface area contributed by atoms with Crippen LogP contribution in [-0.2, 0) is 11.3 Å². The molecule has 0 fully saturated rings. The molecule has 0 spiro atoms. The average molecular weight is 186 g/mol. The summed E-state index contributed by atoms with van der Waals surface area (Å²) in [6, 6.07) is 0. The molecule has 0 radical (unpaired) electrons. The van der Waals surface area contributed by atoms with Gasteiger partial charge in [0.15, 0.2) is 0 Å². The minimum Gasteiger partial charge on any atom is -0.374 e. The van der Waals surface area contributed by atoms with E-state index in [-0.39, 0.29) is 0 Å². The highest BCUT2D eigenvalue weighted by atomic mass is 32.1. The van der Waals surface area contributed by atoms with Gasteiger partial charge in [-0.25, -0.2) is 4.98 Å². The Morgan fingerprint density at radius 1 is 1.67 bits per heavy atom. The van der Waals surface area contributed by atoms with Crippen LogP contribution in [0.25, 0.3) is 0 Å². The molecule has 0 saturated heterocycles. The molecule has 0 aromatic carbocycles. The van der Waals surface area contributed by atoms with Gasteiger partial charge in [0.1, 0.15) is 5.01 Å². The first-order valence-corrected chi connectivity index (χ1v) is 4.89. The van der Waals surface area contributed by atoms with Gasteiger partial charge in [-0.3, -0.25) is 0 Å². The van der Waals surface area contributed by atoms with Crippen LogP contribution in [-0.4, -0.2) is 18.1 Å². The first-order chi connectivity index (χ1) is 5.83. The van der Waals surface area contributed by atoms with Crippen molar-refractivity contribution in [1.82, 2.24) is 4.98 Å². The average Bonchev–Trinajstić information content (AvgIpc) is 2.45. The van der Waals surface area contributed by atoms with Gasteiger partial charge >= 0.3 is 0 Å². The number of hydrogen-bond acceptors (Lipinski definition) is 4. The van der Waals surface area contributed by atoms with Gasteiger partial charge in [0.2, 0.25) is 0 Å². The Kier molecular flexibility index (Phi) is 4.21. The maximum absolute atomic E-state index is 5.34. The third-order valence-corrected chi connectivity index (χ3v) is 2.33. The molecule has 0 aliphatic carbocycles. The molecule has 0 aliphatic heterocycles. The summed E-state index contributed by atoms with van der Waals surface area (Å²) >= 11 is 1.64. The predicted octanol–water partition coefficient (Wildman–Crippen LogP) is 1.32. The Hall–Kier alpha value is -0.450. The van der Waals surface area contributed by atoms with E-state index in [2.05, 4.69) is 4.98 Å². The van der Waals surface area contributed by atoms with Crippen LogP contribution in [0.1, 0.15) is 17.1 Å². The minimum atomic E-state index is 0.624. The van der Waals surface area contributed by atoms with Gasteiger partial charge in [0, 0.05) is 17.7 Å². The minimum absolute atomic E-state index is 0.624. The number of rotatable bonds is 5. The Bertz CT molecular complexity index is 225. The fraction of sp³-hybridized carbons (Fsp3) is 0.625. The molecule has 0 aliphatic rings. The summed E-state index contributed by atoms with van der Waals surface area (Å²) in [5.74, 6) is 0. The van der Waals surface area contributed by atoms with Crippen LogP contribution >= 0.6 is 11.3 Å². The van der Waals surface area contributed by atoms with E-state index in [4.69, 9.17) is 10.5 Å². The van der Waals surface area contributed by atoms with Crippen molar-refractivity contribution in [1.29, 1.82) is 0 Å². The van der Waals surface area contributed by atoms with E-state index in [0.717, 1.165) is 23.7 Å². The Morgan fingerprint density at radius 2 is 2.50 bits per heavy atom. The van der Waals surface area contributed by atoms with Gasteiger partial charge < -0.3 is 10.5 Å². The lowest BCUT2D eigenvalue weighted by atomic mass is 10.5. The summed E-state index contributed by atoms with van der Waals surface area (Å²) in [5.41, 5.74) is 6.39. The maximum atomic E-state index is 5.34. The molecule has 0 unspecified atom stereocenters. The number of aryl methyl sites for hydroxylation is 1. The summed E-state index contributed by atoms with van der Waals surface area (Å²) < 4.78 is 5.34. The molecular weight excluding hydrogens is 172 g/mol. The highest BCUT2D eigenvalue weighted by Gasteiger charge is 1.97. The number of ether oxygens (including phenoxy) is 1. The molecule has 1 rings (SSSR count). The second-order valence-corrected chi connectivity index (χ2v) is 3.52. The quantitative estimate of drug-likeness (QED) is 0.705. The fourth-order valence-corrected chi connectivity index (χ4v) is 1.52. The van der Waals surface area contributed by atoms with E-state index in [1.807, 2.05) is 12.3 Å². The second kappa shape index (κ2) is 5.24. The maximum Gasteiger partial charge on any atom is 0.119 e. The first-order valence-electron chi connectivity index (χ1n) is 4.01. The van der Waals surface area contributed by atoms with Crippen molar-refractivity contribution in [3.05, 3.63) is 16.1 Å². The molecule has 68 valence electrons. The van der Waals surface area contributed by atoms with Crippen molar-refractivity contribution in [3.63, 3.8) is 0 Å². The van der Waals surface area contributed by atoms with Crippen LogP contribution in [0.5, 0.6) is 0 Å². The smallest absolute Gasteiger partial charge is 0.119 e. The number of nitrogens with two attached hydrogens (primary N) is 1. The van der Waals surface area contributed by atoms with E-state index in [0.29, 0.717) is 13.2 Å². The normalized spacial score (nSPS) is 10.5. The van der Waals surface area contributed by atoms with E-state index in [1.165, 1.54) is 0 Å². The van der Waals surface area contributed by atoms with E-state index in [9.17, 15) is 0 Å². The second-order valence-electron chi connectivity index (χ2n) is 2.58. The summed E-state index contributed by atoms with van der Waals surface area (Å²) in [6.45, 7) is 4.03. The lowest BCUT2D eigenvalue weighted by Gasteiger charge is -1.98. The van der Waals surface area contributed by atoms with E-state index < -0.39 is 0 Å². The highest BCUT2D eigenvalue weighted by Crippen LogP contribution is 2.09. The molecule has 0 amide bonds. The van der Waals surface area contributed by atoms with Gasteiger partial charge in [-0.05, 0) is 19.9 Å². The topological polar surface area (TPSA) is 48.1 Å². The van der Waals surface area contributed by atoms with Crippen molar-refractivity contribution in [2.75, 3.05) is 13.2 Å². The van der Waals surface area contributed by atoms with Crippen LogP contribution in [0.2, 0.25) is 0 Å². The van der Waals surface area contributed by atoms with Crippen molar-refractivity contribution < 1.29 is 4.74 Å². The summed E-state index contributed by atoms with van der Waals surface area (Å²) in [6.07, 6.45) is 0.921. The molecule has 0 bridgehead atoms.